The lowest BCUT2D eigenvalue weighted by Crippen LogP contribution is -2.36. The van der Waals surface area contributed by atoms with Crippen molar-refractivity contribution in [2.45, 2.75) is 32.1 Å². The largest absolute Gasteiger partial charge is 0.396 e. The Labute approximate surface area is 90.6 Å². The van der Waals surface area contributed by atoms with E-state index in [2.05, 4.69) is 17.5 Å². The van der Waals surface area contributed by atoms with Crippen molar-refractivity contribution in [3.63, 3.8) is 0 Å². The highest BCUT2D eigenvalue weighted by atomic mass is 16.3. The van der Waals surface area contributed by atoms with Crippen LogP contribution in [0.3, 0.4) is 0 Å². The summed E-state index contributed by atoms with van der Waals surface area (Å²) in [5.41, 5.74) is 0.0279. The van der Waals surface area contributed by atoms with Gasteiger partial charge in [-0.25, -0.2) is 0 Å². The van der Waals surface area contributed by atoms with E-state index in [0.29, 0.717) is 6.54 Å². The molecule has 2 aliphatic rings. The van der Waals surface area contributed by atoms with Crippen molar-refractivity contribution in [1.82, 2.24) is 5.32 Å². The second-order valence-electron chi connectivity index (χ2n) is 4.86. The molecule has 0 radical (unpaired) electrons. The average molecular weight is 209 g/mol. The van der Waals surface area contributed by atoms with Crippen molar-refractivity contribution in [1.29, 1.82) is 0 Å². The van der Waals surface area contributed by atoms with Crippen molar-refractivity contribution >= 4 is 5.91 Å². The van der Waals surface area contributed by atoms with E-state index in [-0.39, 0.29) is 23.8 Å². The van der Waals surface area contributed by atoms with Crippen molar-refractivity contribution in [2.24, 2.45) is 11.3 Å². The number of carbonyl (C=O) groups excluding carboxylic acids is 1. The predicted octanol–water partition coefficient (Wildman–Crippen LogP) is 1.23. The molecule has 0 aromatic heterocycles. The van der Waals surface area contributed by atoms with E-state index in [4.69, 9.17) is 5.11 Å². The molecule has 2 N–H and O–H groups in total. The fraction of sp³-hybridized carbons (Fsp3) is 0.750. The Morgan fingerprint density at radius 1 is 1.47 bits per heavy atom. The minimum absolute atomic E-state index is 0.0279. The summed E-state index contributed by atoms with van der Waals surface area (Å²) in [5.74, 6) is 0.323. The summed E-state index contributed by atoms with van der Waals surface area (Å²) in [7, 11) is 0. The van der Waals surface area contributed by atoms with Gasteiger partial charge in [-0.2, -0.15) is 0 Å². The Morgan fingerprint density at radius 2 is 2.27 bits per heavy atom. The first-order valence-electron chi connectivity index (χ1n) is 5.79. The van der Waals surface area contributed by atoms with E-state index in [1.54, 1.807) is 0 Å². The van der Waals surface area contributed by atoms with Gasteiger partial charge < -0.3 is 10.4 Å². The number of rotatable bonds is 4. The van der Waals surface area contributed by atoms with Crippen LogP contribution in [0.5, 0.6) is 0 Å². The van der Waals surface area contributed by atoms with Crippen LogP contribution in [-0.4, -0.2) is 24.2 Å². The molecule has 0 aromatic rings. The van der Waals surface area contributed by atoms with E-state index in [0.717, 1.165) is 32.1 Å². The quantitative estimate of drug-likeness (QED) is 0.684. The zero-order chi connectivity index (χ0) is 10.7. The van der Waals surface area contributed by atoms with Crippen molar-refractivity contribution < 1.29 is 9.90 Å². The zero-order valence-corrected chi connectivity index (χ0v) is 9.04. The molecule has 0 aliphatic heterocycles. The molecule has 2 rings (SSSR count). The lowest BCUT2D eigenvalue weighted by atomic mass is 9.93. The van der Waals surface area contributed by atoms with Gasteiger partial charge in [0.1, 0.15) is 0 Å². The molecule has 1 saturated carbocycles. The third kappa shape index (κ3) is 2.59. The van der Waals surface area contributed by atoms with E-state index < -0.39 is 0 Å². The molecule has 15 heavy (non-hydrogen) atoms. The summed E-state index contributed by atoms with van der Waals surface area (Å²) in [5, 5.41) is 12.1. The molecule has 84 valence electrons. The van der Waals surface area contributed by atoms with Crippen LogP contribution in [0.15, 0.2) is 12.2 Å². The highest BCUT2D eigenvalue weighted by Gasteiger charge is 2.42. The minimum atomic E-state index is 0.0279. The predicted molar refractivity (Wildman–Crippen MR) is 58.2 cm³/mol. The lowest BCUT2D eigenvalue weighted by molar-refractivity contribution is -0.125. The topological polar surface area (TPSA) is 49.3 Å². The number of aliphatic hydroxyl groups excluding tert-OH is 1. The molecule has 3 nitrogen and oxygen atoms in total. The van der Waals surface area contributed by atoms with Gasteiger partial charge in [0.2, 0.25) is 5.91 Å². The standard InChI is InChI=1S/C12H19NO2/c14-9-12(6-7-12)8-13-11(15)10-4-2-1-3-5-10/h1-2,10,14H,3-9H2,(H,13,15). The second-order valence-corrected chi connectivity index (χ2v) is 4.86. The first-order chi connectivity index (χ1) is 7.26. The van der Waals surface area contributed by atoms with Gasteiger partial charge in [-0.05, 0) is 32.1 Å². The molecule has 0 heterocycles. The van der Waals surface area contributed by atoms with Crippen LogP contribution in [0.4, 0.5) is 0 Å². The van der Waals surface area contributed by atoms with Crippen molar-refractivity contribution in [3.8, 4) is 0 Å². The summed E-state index contributed by atoms with van der Waals surface area (Å²) in [4.78, 5) is 11.8. The van der Waals surface area contributed by atoms with Crippen LogP contribution in [0.2, 0.25) is 0 Å². The minimum Gasteiger partial charge on any atom is -0.396 e. The number of nitrogens with one attached hydrogen (secondary N) is 1. The van der Waals surface area contributed by atoms with E-state index in [1.165, 1.54) is 0 Å². The maximum atomic E-state index is 11.8. The van der Waals surface area contributed by atoms with Gasteiger partial charge in [-0.1, -0.05) is 12.2 Å². The first kappa shape index (κ1) is 10.7. The van der Waals surface area contributed by atoms with E-state index >= 15 is 0 Å². The Kier molecular flexibility index (Phi) is 3.10. The van der Waals surface area contributed by atoms with Gasteiger partial charge in [0.15, 0.2) is 0 Å². The molecular formula is C12H19NO2. The molecule has 2 aliphatic carbocycles. The fourth-order valence-corrected chi connectivity index (χ4v) is 2.02. The molecule has 0 saturated heterocycles. The number of carbonyl (C=O) groups is 1. The maximum Gasteiger partial charge on any atom is 0.223 e. The number of hydrogen-bond donors (Lipinski definition) is 2. The van der Waals surface area contributed by atoms with Crippen LogP contribution in [0.1, 0.15) is 32.1 Å². The fourth-order valence-electron chi connectivity index (χ4n) is 2.02. The van der Waals surface area contributed by atoms with Crippen LogP contribution in [0.25, 0.3) is 0 Å². The summed E-state index contributed by atoms with van der Waals surface area (Å²) >= 11 is 0. The van der Waals surface area contributed by atoms with Crippen LogP contribution < -0.4 is 5.32 Å². The first-order valence-corrected chi connectivity index (χ1v) is 5.79. The smallest absolute Gasteiger partial charge is 0.223 e. The molecule has 1 fully saturated rings. The van der Waals surface area contributed by atoms with E-state index in [1.807, 2.05) is 0 Å². The van der Waals surface area contributed by atoms with Crippen LogP contribution in [-0.2, 0) is 4.79 Å². The average Bonchev–Trinajstić information content (AvgIpc) is 3.08. The lowest BCUT2D eigenvalue weighted by Gasteiger charge is -2.19. The van der Waals surface area contributed by atoms with Gasteiger partial charge in [-0.15, -0.1) is 0 Å². The van der Waals surface area contributed by atoms with Gasteiger partial charge in [0.05, 0.1) is 6.61 Å². The Bertz CT molecular complexity index is 269. The summed E-state index contributed by atoms with van der Waals surface area (Å²) in [6.45, 7) is 0.862. The van der Waals surface area contributed by atoms with Crippen LogP contribution in [0, 0.1) is 11.3 Å². The highest BCUT2D eigenvalue weighted by Crippen LogP contribution is 2.44. The number of hydrogen-bond acceptors (Lipinski definition) is 2. The maximum absolute atomic E-state index is 11.8. The summed E-state index contributed by atoms with van der Waals surface area (Å²) < 4.78 is 0. The van der Waals surface area contributed by atoms with Gasteiger partial charge >= 0.3 is 0 Å². The van der Waals surface area contributed by atoms with Gasteiger partial charge in [0.25, 0.3) is 0 Å². The Balaban J connectivity index is 1.74. The van der Waals surface area contributed by atoms with Crippen molar-refractivity contribution in [2.75, 3.05) is 13.2 Å². The molecule has 0 bridgehead atoms. The molecule has 0 spiro atoms. The molecule has 3 heteroatoms. The van der Waals surface area contributed by atoms with Crippen molar-refractivity contribution in [3.05, 3.63) is 12.2 Å². The van der Waals surface area contributed by atoms with E-state index in [9.17, 15) is 4.79 Å². The molecule has 1 atom stereocenters. The zero-order valence-electron chi connectivity index (χ0n) is 9.04. The molecule has 1 unspecified atom stereocenters. The third-order valence-electron chi connectivity index (χ3n) is 3.57. The van der Waals surface area contributed by atoms with Gasteiger partial charge in [0, 0.05) is 17.9 Å². The Morgan fingerprint density at radius 3 is 2.80 bits per heavy atom. The van der Waals surface area contributed by atoms with Gasteiger partial charge in [-0.3, -0.25) is 4.79 Å². The second kappa shape index (κ2) is 4.35. The summed E-state index contributed by atoms with van der Waals surface area (Å²) in [6.07, 6.45) is 9.19. The SMILES string of the molecule is O=C(NCC1(CO)CC1)C1CC=CCC1. The Hall–Kier alpha value is -0.830. The third-order valence-corrected chi connectivity index (χ3v) is 3.57. The van der Waals surface area contributed by atoms with Crippen LogP contribution >= 0.6 is 0 Å². The summed E-state index contributed by atoms with van der Waals surface area (Å²) in [6, 6.07) is 0. The number of amides is 1. The molecule has 1 amide bonds. The normalized spacial score (nSPS) is 27.4. The highest BCUT2D eigenvalue weighted by molar-refractivity contribution is 5.79. The molecule has 0 aromatic carbocycles. The number of allylic oxidation sites excluding steroid dienone is 2. The number of aliphatic hydroxyl groups is 1. The monoisotopic (exact) mass is 209 g/mol. The molecular weight excluding hydrogens is 190 g/mol.